The number of piperidine rings is 2. The van der Waals surface area contributed by atoms with Gasteiger partial charge in [-0.15, -0.1) is 0 Å². The summed E-state index contributed by atoms with van der Waals surface area (Å²) in [6.45, 7) is 0.939. The lowest BCUT2D eigenvalue weighted by atomic mass is 9.80. The van der Waals surface area contributed by atoms with Gasteiger partial charge < -0.3 is 10.2 Å². The van der Waals surface area contributed by atoms with Crippen LogP contribution in [0.2, 0.25) is 0 Å². The highest BCUT2D eigenvalue weighted by Gasteiger charge is 2.45. The van der Waals surface area contributed by atoms with Crippen molar-refractivity contribution in [3.05, 3.63) is 0 Å². The average Bonchev–Trinajstić information content (AvgIpc) is 2.68. The molecule has 4 nitrogen and oxygen atoms in total. The van der Waals surface area contributed by atoms with Crippen molar-refractivity contribution < 1.29 is 4.79 Å². The molecule has 0 spiro atoms. The molecule has 3 atom stereocenters. The highest BCUT2D eigenvalue weighted by atomic mass is 16.2. The number of likely N-dealkylation sites (tertiary alicyclic amines) is 1. The minimum absolute atomic E-state index is 0.183. The summed E-state index contributed by atoms with van der Waals surface area (Å²) in [5.41, 5.74) is 0. The molecule has 0 aliphatic carbocycles. The molecule has 4 heteroatoms. The molecular weight excluding hydrogens is 226 g/mol. The van der Waals surface area contributed by atoms with Gasteiger partial charge in [-0.3, -0.25) is 9.69 Å². The van der Waals surface area contributed by atoms with Crippen molar-refractivity contribution >= 4 is 5.91 Å². The third-order valence-electron chi connectivity index (χ3n) is 5.20. The van der Waals surface area contributed by atoms with E-state index >= 15 is 0 Å². The Morgan fingerprint density at radius 1 is 1.17 bits per heavy atom. The lowest BCUT2D eigenvalue weighted by Gasteiger charge is -2.51. The first-order valence-electron chi connectivity index (χ1n) is 7.40. The zero-order valence-electron chi connectivity index (χ0n) is 11.6. The van der Waals surface area contributed by atoms with E-state index in [-0.39, 0.29) is 6.04 Å². The highest BCUT2D eigenvalue weighted by Crippen LogP contribution is 2.37. The van der Waals surface area contributed by atoms with Crippen molar-refractivity contribution in [3.8, 4) is 0 Å². The lowest BCUT2D eigenvalue weighted by molar-refractivity contribution is -0.135. The number of nitrogens with zero attached hydrogens (tertiary/aromatic N) is 2. The molecule has 0 aromatic carbocycles. The Morgan fingerprint density at radius 2 is 1.83 bits per heavy atom. The third-order valence-corrected chi connectivity index (χ3v) is 5.20. The second-order valence-corrected chi connectivity index (χ2v) is 6.21. The number of amides is 1. The van der Waals surface area contributed by atoms with Crippen LogP contribution in [-0.4, -0.2) is 60.5 Å². The van der Waals surface area contributed by atoms with Gasteiger partial charge in [0.15, 0.2) is 0 Å². The monoisotopic (exact) mass is 251 g/mol. The van der Waals surface area contributed by atoms with Gasteiger partial charge in [0.1, 0.15) is 0 Å². The highest BCUT2D eigenvalue weighted by molar-refractivity contribution is 5.83. The molecule has 0 aromatic heterocycles. The van der Waals surface area contributed by atoms with Crippen molar-refractivity contribution in [1.82, 2.24) is 15.1 Å². The zero-order chi connectivity index (χ0) is 12.7. The fraction of sp³-hybridized carbons (Fsp3) is 0.929. The number of likely N-dealkylation sites (N-methyl/N-ethyl adjacent to an activating group) is 1. The minimum Gasteiger partial charge on any atom is -0.344 e. The Kier molecular flexibility index (Phi) is 3.32. The van der Waals surface area contributed by atoms with Gasteiger partial charge in [0.05, 0.1) is 6.04 Å². The first-order valence-corrected chi connectivity index (χ1v) is 7.40. The van der Waals surface area contributed by atoms with Crippen LogP contribution in [0.15, 0.2) is 0 Å². The van der Waals surface area contributed by atoms with Crippen molar-refractivity contribution in [3.63, 3.8) is 0 Å². The maximum absolute atomic E-state index is 12.3. The van der Waals surface area contributed by atoms with Gasteiger partial charge in [-0.1, -0.05) is 6.42 Å². The second kappa shape index (κ2) is 4.82. The molecule has 3 aliphatic heterocycles. The number of fused-ring (bicyclic) bond motifs is 2. The summed E-state index contributed by atoms with van der Waals surface area (Å²) in [4.78, 5) is 16.7. The molecular formula is C14H25N3O. The van der Waals surface area contributed by atoms with Gasteiger partial charge in [0.2, 0.25) is 5.91 Å². The quantitative estimate of drug-likeness (QED) is 0.789. The summed E-state index contributed by atoms with van der Waals surface area (Å²) < 4.78 is 0. The van der Waals surface area contributed by atoms with E-state index in [0.717, 1.165) is 13.0 Å². The van der Waals surface area contributed by atoms with Crippen LogP contribution >= 0.6 is 0 Å². The van der Waals surface area contributed by atoms with Crippen molar-refractivity contribution in [2.75, 3.05) is 20.6 Å². The van der Waals surface area contributed by atoms with E-state index in [1.54, 1.807) is 0 Å². The summed E-state index contributed by atoms with van der Waals surface area (Å²) in [5.74, 6) is 0.356. The fourth-order valence-corrected chi connectivity index (χ4v) is 4.24. The van der Waals surface area contributed by atoms with Crippen LogP contribution in [0.1, 0.15) is 38.5 Å². The Labute approximate surface area is 110 Å². The normalized spacial score (nSPS) is 41.4. The van der Waals surface area contributed by atoms with E-state index in [1.165, 1.54) is 32.1 Å². The summed E-state index contributed by atoms with van der Waals surface area (Å²) >= 11 is 0. The Balaban J connectivity index is 1.78. The SMILES string of the molecule is CNC1CC2CCCC(C1)N2C1CCN(C)C1=O. The minimum atomic E-state index is 0.183. The first kappa shape index (κ1) is 12.4. The molecule has 3 fully saturated rings. The van der Waals surface area contributed by atoms with Gasteiger partial charge >= 0.3 is 0 Å². The maximum atomic E-state index is 12.3. The zero-order valence-corrected chi connectivity index (χ0v) is 11.6. The number of carbonyl (C=O) groups is 1. The number of hydrogen-bond donors (Lipinski definition) is 1. The molecule has 0 saturated carbocycles. The van der Waals surface area contributed by atoms with Crippen LogP contribution in [-0.2, 0) is 4.79 Å². The van der Waals surface area contributed by atoms with Gasteiger partial charge in [-0.2, -0.15) is 0 Å². The largest absolute Gasteiger partial charge is 0.344 e. The summed E-state index contributed by atoms with van der Waals surface area (Å²) in [6.07, 6.45) is 7.39. The predicted molar refractivity (Wildman–Crippen MR) is 71.4 cm³/mol. The van der Waals surface area contributed by atoms with Crippen LogP contribution in [0, 0.1) is 0 Å². The van der Waals surface area contributed by atoms with Gasteiger partial charge in [-0.05, 0) is 39.2 Å². The summed E-state index contributed by atoms with van der Waals surface area (Å²) in [5, 5.41) is 3.44. The third kappa shape index (κ3) is 1.95. The Morgan fingerprint density at radius 3 is 2.33 bits per heavy atom. The van der Waals surface area contributed by atoms with Crippen molar-refractivity contribution in [2.24, 2.45) is 0 Å². The molecule has 102 valence electrons. The molecule has 3 saturated heterocycles. The second-order valence-electron chi connectivity index (χ2n) is 6.21. The van der Waals surface area contributed by atoms with Crippen LogP contribution < -0.4 is 5.32 Å². The number of carbonyl (C=O) groups excluding carboxylic acids is 1. The molecule has 18 heavy (non-hydrogen) atoms. The van der Waals surface area contributed by atoms with Crippen LogP contribution in [0.25, 0.3) is 0 Å². The maximum Gasteiger partial charge on any atom is 0.239 e. The molecule has 0 radical (unpaired) electrons. The molecule has 0 aromatic rings. The van der Waals surface area contributed by atoms with Gasteiger partial charge in [0.25, 0.3) is 0 Å². The smallest absolute Gasteiger partial charge is 0.239 e. The van der Waals surface area contributed by atoms with E-state index in [1.807, 2.05) is 11.9 Å². The molecule has 3 heterocycles. The molecule has 3 unspecified atom stereocenters. The Bertz CT molecular complexity index is 319. The summed E-state index contributed by atoms with van der Waals surface area (Å²) in [6, 6.07) is 2.11. The van der Waals surface area contributed by atoms with E-state index in [2.05, 4.69) is 17.3 Å². The fourth-order valence-electron chi connectivity index (χ4n) is 4.24. The number of hydrogen-bond acceptors (Lipinski definition) is 3. The predicted octanol–water partition coefficient (Wildman–Crippen LogP) is 0.822. The molecule has 1 amide bonds. The van der Waals surface area contributed by atoms with Crippen molar-refractivity contribution in [2.45, 2.75) is 62.7 Å². The molecule has 3 aliphatic rings. The Hall–Kier alpha value is -0.610. The van der Waals surface area contributed by atoms with Gasteiger partial charge in [-0.25, -0.2) is 0 Å². The first-order chi connectivity index (χ1) is 8.70. The van der Waals surface area contributed by atoms with Crippen LogP contribution in [0.5, 0.6) is 0 Å². The van der Waals surface area contributed by atoms with E-state index in [0.29, 0.717) is 24.0 Å². The van der Waals surface area contributed by atoms with E-state index < -0.39 is 0 Å². The van der Waals surface area contributed by atoms with Crippen molar-refractivity contribution in [1.29, 1.82) is 0 Å². The van der Waals surface area contributed by atoms with Crippen LogP contribution in [0.3, 0.4) is 0 Å². The molecule has 3 rings (SSSR count). The average molecular weight is 251 g/mol. The molecule has 1 N–H and O–H groups in total. The van der Waals surface area contributed by atoms with Crippen LogP contribution in [0.4, 0.5) is 0 Å². The summed E-state index contributed by atoms with van der Waals surface area (Å²) in [7, 11) is 4.02. The van der Waals surface area contributed by atoms with E-state index in [4.69, 9.17) is 0 Å². The topological polar surface area (TPSA) is 35.6 Å². The standard InChI is InChI=1S/C14H25N3O/c1-15-10-8-11-4-3-5-12(9-10)17(11)13-6-7-16(2)14(13)18/h10-13,15H,3-9H2,1-2H3. The number of nitrogens with one attached hydrogen (secondary N) is 1. The number of rotatable bonds is 2. The van der Waals surface area contributed by atoms with Gasteiger partial charge in [0, 0.05) is 31.7 Å². The lowest BCUT2D eigenvalue weighted by Crippen LogP contribution is -2.60. The molecule has 2 bridgehead atoms. The van der Waals surface area contributed by atoms with E-state index in [9.17, 15) is 4.79 Å².